The Labute approximate surface area is 366 Å². The van der Waals surface area contributed by atoms with Crippen LogP contribution in [0.4, 0.5) is 0 Å². The summed E-state index contributed by atoms with van der Waals surface area (Å²) < 4.78 is 16.8. The first kappa shape index (κ1) is 56.9. The van der Waals surface area contributed by atoms with Gasteiger partial charge in [0.25, 0.3) is 0 Å². The number of carbonyl (C=O) groups is 3. The number of carbonyl (C=O) groups excluding carboxylic acids is 3. The second kappa shape index (κ2) is 48.6. The van der Waals surface area contributed by atoms with Gasteiger partial charge in [0.15, 0.2) is 6.10 Å². The Hall–Kier alpha value is -2.11. The Balaban J connectivity index is 4.31. The molecule has 1 atom stereocenters. The lowest BCUT2D eigenvalue weighted by Crippen LogP contribution is -2.30. The van der Waals surface area contributed by atoms with Gasteiger partial charge in [0, 0.05) is 19.3 Å². The van der Waals surface area contributed by atoms with Crippen molar-refractivity contribution in [1.29, 1.82) is 0 Å². The zero-order chi connectivity index (χ0) is 43.0. The second-order valence-corrected chi connectivity index (χ2v) is 17.5. The molecule has 0 aliphatic carbocycles. The van der Waals surface area contributed by atoms with Crippen molar-refractivity contribution in [2.45, 2.75) is 284 Å². The minimum absolute atomic E-state index is 0.0748. The largest absolute Gasteiger partial charge is 0.462 e. The number of hydrogen-bond donors (Lipinski definition) is 0. The molecule has 0 aromatic heterocycles. The van der Waals surface area contributed by atoms with Crippen molar-refractivity contribution in [2.24, 2.45) is 0 Å². The van der Waals surface area contributed by atoms with Crippen molar-refractivity contribution >= 4 is 17.9 Å². The van der Waals surface area contributed by atoms with Gasteiger partial charge in [0.2, 0.25) is 0 Å². The number of allylic oxidation sites excluding steroid dienone is 4. The van der Waals surface area contributed by atoms with Gasteiger partial charge in [-0.15, -0.1) is 0 Å². The van der Waals surface area contributed by atoms with Crippen molar-refractivity contribution in [3.05, 3.63) is 24.3 Å². The monoisotopic (exact) mass is 831 g/mol. The molecule has 0 N–H and O–H groups in total. The Kier molecular flexibility index (Phi) is 46.8. The van der Waals surface area contributed by atoms with Crippen LogP contribution in [0.5, 0.6) is 0 Å². The number of ether oxygens (including phenoxy) is 3. The number of esters is 3. The average Bonchev–Trinajstić information content (AvgIpc) is 3.23. The molecule has 0 saturated carbocycles. The molecule has 0 amide bonds. The van der Waals surface area contributed by atoms with Gasteiger partial charge < -0.3 is 14.2 Å². The maximum Gasteiger partial charge on any atom is 0.306 e. The zero-order valence-electron chi connectivity index (χ0n) is 39.5. The van der Waals surface area contributed by atoms with Crippen molar-refractivity contribution in [3.8, 4) is 0 Å². The van der Waals surface area contributed by atoms with Crippen molar-refractivity contribution in [3.63, 3.8) is 0 Å². The lowest BCUT2D eigenvalue weighted by Gasteiger charge is -2.18. The first-order valence-corrected chi connectivity index (χ1v) is 25.9. The van der Waals surface area contributed by atoms with Crippen LogP contribution in [0.3, 0.4) is 0 Å². The fraction of sp³-hybridized carbons (Fsp3) is 0.868. The summed E-state index contributed by atoms with van der Waals surface area (Å²) in [4.78, 5) is 37.9. The van der Waals surface area contributed by atoms with Crippen molar-refractivity contribution in [1.82, 2.24) is 0 Å². The van der Waals surface area contributed by atoms with Gasteiger partial charge >= 0.3 is 17.9 Å². The summed E-state index contributed by atoms with van der Waals surface area (Å²) >= 11 is 0. The highest BCUT2D eigenvalue weighted by Gasteiger charge is 2.19. The molecule has 6 heteroatoms. The summed E-state index contributed by atoms with van der Waals surface area (Å²) in [7, 11) is 0. The first-order valence-electron chi connectivity index (χ1n) is 25.9. The minimum atomic E-state index is -0.775. The van der Waals surface area contributed by atoms with E-state index in [2.05, 4.69) is 45.1 Å². The molecule has 0 radical (unpaired) electrons. The van der Waals surface area contributed by atoms with E-state index >= 15 is 0 Å². The highest BCUT2D eigenvalue weighted by atomic mass is 16.6. The molecule has 0 aliphatic heterocycles. The van der Waals surface area contributed by atoms with Gasteiger partial charge in [-0.2, -0.15) is 0 Å². The lowest BCUT2D eigenvalue weighted by molar-refractivity contribution is -0.167. The predicted octanol–water partition coefficient (Wildman–Crippen LogP) is 16.8. The van der Waals surface area contributed by atoms with Gasteiger partial charge in [-0.1, -0.05) is 244 Å². The Morgan fingerprint density at radius 3 is 0.949 bits per heavy atom. The molecule has 0 rings (SSSR count). The molecule has 6 nitrogen and oxygen atoms in total. The van der Waals surface area contributed by atoms with E-state index in [0.29, 0.717) is 19.3 Å². The van der Waals surface area contributed by atoms with Gasteiger partial charge in [-0.05, 0) is 38.5 Å². The van der Waals surface area contributed by atoms with Gasteiger partial charge in [0.1, 0.15) is 13.2 Å². The third-order valence-electron chi connectivity index (χ3n) is 11.5. The normalized spacial score (nSPS) is 12.1. The predicted molar refractivity (Wildman–Crippen MR) is 252 cm³/mol. The van der Waals surface area contributed by atoms with E-state index in [0.717, 1.165) is 70.6 Å². The molecule has 0 spiro atoms. The summed E-state index contributed by atoms with van der Waals surface area (Å²) in [6, 6.07) is 0. The quantitative estimate of drug-likeness (QED) is 0.0263. The molecule has 0 aliphatic rings. The lowest BCUT2D eigenvalue weighted by atomic mass is 10.0. The van der Waals surface area contributed by atoms with Gasteiger partial charge in [-0.25, -0.2) is 0 Å². The van der Waals surface area contributed by atoms with E-state index < -0.39 is 6.10 Å². The fourth-order valence-corrected chi connectivity index (χ4v) is 7.54. The molecule has 1 unspecified atom stereocenters. The molecule has 0 aromatic carbocycles. The van der Waals surface area contributed by atoms with Gasteiger partial charge in [0.05, 0.1) is 0 Å². The number of rotatable bonds is 47. The Morgan fingerprint density at radius 1 is 0.339 bits per heavy atom. The van der Waals surface area contributed by atoms with Crippen LogP contribution in [-0.4, -0.2) is 37.2 Å². The summed E-state index contributed by atoms with van der Waals surface area (Å²) in [6.45, 7) is 6.59. The van der Waals surface area contributed by atoms with E-state index in [9.17, 15) is 14.4 Å². The Bertz CT molecular complexity index is 958. The molecule has 346 valence electrons. The molecular weight excluding hydrogens is 733 g/mol. The van der Waals surface area contributed by atoms with E-state index in [1.807, 2.05) is 0 Å². The summed E-state index contributed by atoms with van der Waals surface area (Å²) in [6.07, 6.45) is 54.5. The Morgan fingerprint density at radius 2 is 0.610 bits per heavy atom. The van der Waals surface area contributed by atoms with Gasteiger partial charge in [-0.3, -0.25) is 14.4 Å². The molecule has 0 fully saturated rings. The van der Waals surface area contributed by atoms with Crippen LogP contribution in [0.15, 0.2) is 24.3 Å². The van der Waals surface area contributed by atoms with E-state index in [1.165, 1.54) is 167 Å². The topological polar surface area (TPSA) is 78.9 Å². The summed E-state index contributed by atoms with van der Waals surface area (Å²) in [5.41, 5.74) is 0. The van der Waals surface area contributed by atoms with E-state index in [-0.39, 0.29) is 31.1 Å². The number of unbranched alkanes of at least 4 members (excludes halogenated alkanes) is 33. The maximum atomic E-state index is 12.8. The minimum Gasteiger partial charge on any atom is -0.462 e. The van der Waals surface area contributed by atoms with Crippen LogP contribution in [-0.2, 0) is 28.6 Å². The fourth-order valence-electron chi connectivity index (χ4n) is 7.54. The highest BCUT2D eigenvalue weighted by Crippen LogP contribution is 2.16. The third-order valence-corrected chi connectivity index (χ3v) is 11.5. The maximum absolute atomic E-state index is 12.8. The SMILES string of the molecule is CCCC/C=C\C=C/CCCCCC(=O)OCC(COC(=O)CCCCCCCCCCCCCCCCCCC)OC(=O)CCCCCCCCCCCCCCC. The van der Waals surface area contributed by atoms with Crippen LogP contribution >= 0.6 is 0 Å². The second-order valence-electron chi connectivity index (χ2n) is 17.5. The third kappa shape index (κ3) is 46.8. The smallest absolute Gasteiger partial charge is 0.306 e. The van der Waals surface area contributed by atoms with Crippen LogP contribution in [0.25, 0.3) is 0 Å². The van der Waals surface area contributed by atoms with E-state index in [1.54, 1.807) is 0 Å². The molecule has 0 aromatic rings. The van der Waals surface area contributed by atoms with Crippen molar-refractivity contribution in [2.75, 3.05) is 13.2 Å². The number of hydrogen-bond acceptors (Lipinski definition) is 6. The van der Waals surface area contributed by atoms with Crippen molar-refractivity contribution < 1.29 is 28.6 Å². The van der Waals surface area contributed by atoms with E-state index in [4.69, 9.17) is 14.2 Å². The van der Waals surface area contributed by atoms with Crippen LogP contribution in [0.1, 0.15) is 278 Å². The standard InChI is InChI=1S/C53H98O6/c1-4-7-10-13-16-19-22-24-25-26-27-29-31-34-37-40-43-46-52(55)58-49-50(48-57-51(54)45-42-39-36-33-30-21-18-15-12-9-6-3)59-53(56)47-44-41-38-35-32-28-23-20-17-14-11-8-5-2/h15,18,21,30,50H,4-14,16-17,19-20,22-29,31-49H2,1-3H3/b18-15-,30-21-. The molecular formula is C53H98O6. The molecule has 0 heterocycles. The van der Waals surface area contributed by atoms with Crippen LogP contribution < -0.4 is 0 Å². The first-order chi connectivity index (χ1) is 29.0. The average molecular weight is 831 g/mol. The van der Waals surface area contributed by atoms with Crippen LogP contribution in [0, 0.1) is 0 Å². The molecule has 0 bridgehead atoms. The highest BCUT2D eigenvalue weighted by molar-refractivity contribution is 5.71. The summed E-state index contributed by atoms with van der Waals surface area (Å²) in [5, 5.41) is 0. The zero-order valence-corrected chi connectivity index (χ0v) is 39.5. The summed E-state index contributed by atoms with van der Waals surface area (Å²) in [5.74, 6) is -0.890. The molecule has 0 saturated heterocycles. The molecule has 59 heavy (non-hydrogen) atoms. The van der Waals surface area contributed by atoms with Crippen LogP contribution in [0.2, 0.25) is 0 Å².